The Labute approximate surface area is 249 Å². The number of carbonyl (C=O) groups excluding carboxylic acids is 2. The van der Waals surface area contributed by atoms with E-state index in [1.54, 1.807) is 18.3 Å². The molecule has 0 amide bonds. The van der Waals surface area contributed by atoms with Gasteiger partial charge in [-0.25, -0.2) is 4.98 Å². The highest BCUT2D eigenvalue weighted by Gasteiger charge is 2.21. The Bertz CT molecular complexity index is 1270. The molecule has 9 nitrogen and oxygen atoms in total. The van der Waals surface area contributed by atoms with Crippen LogP contribution < -0.4 is 15.8 Å². The Morgan fingerprint density at radius 1 is 1.14 bits per heavy atom. The molecule has 0 bridgehead atoms. The molecule has 1 aromatic carbocycles. The summed E-state index contributed by atoms with van der Waals surface area (Å²) in [4.78, 5) is 33.5. The number of hydrogen-bond acceptors (Lipinski definition) is 9. The van der Waals surface area contributed by atoms with Gasteiger partial charge in [0.1, 0.15) is 17.7 Å². The van der Waals surface area contributed by atoms with Crippen LogP contribution in [-0.4, -0.2) is 54.9 Å². The number of anilines is 1. The van der Waals surface area contributed by atoms with Gasteiger partial charge in [-0.05, 0) is 104 Å². The highest BCUT2D eigenvalue weighted by molar-refractivity contribution is 5.82. The maximum Gasteiger partial charge on any atom is 0.302 e. The summed E-state index contributed by atoms with van der Waals surface area (Å²) in [5.74, 6) is 1.07. The quantitative estimate of drug-likeness (QED) is 0.207. The van der Waals surface area contributed by atoms with Crippen LogP contribution in [0.4, 0.5) is 5.82 Å². The minimum absolute atomic E-state index is 0.0430. The molecule has 0 fully saturated rings. The normalized spacial score (nSPS) is 14.2. The summed E-state index contributed by atoms with van der Waals surface area (Å²) >= 11 is 0. The van der Waals surface area contributed by atoms with Crippen molar-refractivity contribution in [2.45, 2.75) is 84.3 Å². The first-order valence-electron chi connectivity index (χ1n) is 14.9. The van der Waals surface area contributed by atoms with E-state index in [1.807, 2.05) is 25.4 Å². The number of esters is 1. The van der Waals surface area contributed by atoms with Gasteiger partial charge in [0, 0.05) is 38.7 Å². The number of phenolic OH excluding ortho intramolecular Hbond substituents is 1. The van der Waals surface area contributed by atoms with Crippen LogP contribution in [0.15, 0.2) is 46.6 Å². The standard InChI is InChI=1S/C33H46N4O5/c1-5-23(14-27-21-36-20-26(27)8-6-24-12-13-37-33(34)15-24)7-11-30(42-22(2)38)18-29(39)10-9-25-17-32(41-4)31(40)16-28(25)19-35-3/h12-13,15-17,21,23,30,35,40H,5-11,14,18-20H2,1-4H3,(H2,34,37). The van der Waals surface area contributed by atoms with Crippen LogP contribution in [-0.2, 0) is 33.7 Å². The molecule has 0 radical (unpaired) electrons. The minimum Gasteiger partial charge on any atom is -0.504 e. The molecule has 1 aromatic heterocycles. The highest BCUT2D eigenvalue weighted by Crippen LogP contribution is 2.31. The molecule has 0 saturated heterocycles. The summed E-state index contributed by atoms with van der Waals surface area (Å²) in [6.07, 6.45) is 9.56. The molecule has 42 heavy (non-hydrogen) atoms. The lowest BCUT2D eigenvalue weighted by molar-refractivity contribution is -0.148. The van der Waals surface area contributed by atoms with Crippen molar-refractivity contribution in [2.75, 3.05) is 26.4 Å². The van der Waals surface area contributed by atoms with E-state index >= 15 is 0 Å². The molecule has 228 valence electrons. The van der Waals surface area contributed by atoms with E-state index in [4.69, 9.17) is 15.2 Å². The molecule has 2 heterocycles. The summed E-state index contributed by atoms with van der Waals surface area (Å²) in [6, 6.07) is 7.38. The van der Waals surface area contributed by atoms with Crippen molar-refractivity contribution in [3.05, 3.63) is 58.3 Å². The molecule has 9 heteroatoms. The number of nitrogens with two attached hydrogens (primary N) is 1. The lowest BCUT2D eigenvalue weighted by atomic mass is 9.88. The number of allylic oxidation sites excluding steroid dienone is 1. The number of rotatable bonds is 18. The Morgan fingerprint density at radius 3 is 2.64 bits per heavy atom. The molecular formula is C33H46N4O5. The second kappa shape index (κ2) is 16.7. The first-order chi connectivity index (χ1) is 20.2. The van der Waals surface area contributed by atoms with Crippen LogP contribution in [0.1, 0.15) is 75.5 Å². The molecule has 4 N–H and O–H groups in total. The van der Waals surface area contributed by atoms with Crippen molar-refractivity contribution in [3.8, 4) is 11.5 Å². The number of carbonyl (C=O) groups is 2. The van der Waals surface area contributed by atoms with Gasteiger partial charge in [-0.2, -0.15) is 0 Å². The fraction of sp³-hybridized carbons (Fsp3) is 0.515. The fourth-order valence-electron chi connectivity index (χ4n) is 5.50. The Morgan fingerprint density at radius 2 is 1.95 bits per heavy atom. The monoisotopic (exact) mass is 578 g/mol. The summed E-state index contributed by atoms with van der Waals surface area (Å²) < 4.78 is 10.9. The summed E-state index contributed by atoms with van der Waals surface area (Å²) in [6.45, 7) is 4.87. The zero-order chi connectivity index (χ0) is 30.5. The number of Topliss-reactive ketones (excluding diaryl/α,β-unsaturated/α-hetero) is 1. The third kappa shape index (κ3) is 10.3. The van der Waals surface area contributed by atoms with Crippen molar-refractivity contribution in [3.63, 3.8) is 0 Å². The molecular weight excluding hydrogens is 532 g/mol. The number of nitrogen functional groups attached to an aromatic ring is 1. The zero-order valence-electron chi connectivity index (χ0n) is 25.4. The predicted octanol–water partition coefficient (Wildman–Crippen LogP) is 5.13. The van der Waals surface area contributed by atoms with Gasteiger partial charge in [0.05, 0.1) is 13.7 Å². The molecule has 0 saturated carbocycles. The first kappa shape index (κ1) is 32.8. The summed E-state index contributed by atoms with van der Waals surface area (Å²) in [7, 11) is 3.34. The van der Waals surface area contributed by atoms with Gasteiger partial charge in [-0.3, -0.25) is 14.6 Å². The van der Waals surface area contributed by atoms with Gasteiger partial charge in [-0.1, -0.05) is 13.3 Å². The molecule has 0 spiro atoms. The number of aromatic nitrogens is 1. The van der Waals surface area contributed by atoms with E-state index in [9.17, 15) is 14.7 Å². The van der Waals surface area contributed by atoms with E-state index < -0.39 is 6.10 Å². The topological polar surface area (TPSA) is 136 Å². The average Bonchev–Trinajstić information content (AvgIpc) is 3.40. The molecule has 2 aromatic rings. The van der Waals surface area contributed by atoms with Crippen molar-refractivity contribution < 1.29 is 24.2 Å². The van der Waals surface area contributed by atoms with E-state index in [0.29, 0.717) is 43.3 Å². The number of ether oxygens (including phenoxy) is 2. The molecule has 2 atom stereocenters. The second-order valence-corrected chi connectivity index (χ2v) is 11.0. The number of methoxy groups -OCH3 is 1. The van der Waals surface area contributed by atoms with Crippen LogP contribution >= 0.6 is 0 Å². The Kier molecular flexibility index (Phi) is 13.0. The van der Waals surface area contributed by atoms with Crippen LogP contribution in [0.25, 0.3) is 0 Å². The first-order valence-corrected chi connectivity index (χ1v) is 14.9. The zero-order valence-corrected chi connectivity index (χ0v) is 25.4. The van der Waals surface area contributed by atoms with E-state index in [1.165, 1.54) is 30.7 Å². The van der Waals surface area contributed by atoms with Gasteiger partial charge in [-0.15, -0.1) is 0 Å². The predicted molar refractivity (Wildman–Crippen MR) is 166 cm³/mol. The van der Waals surface area contributed by atoms with Gasteiger partial charge < -0.3 is 25.6 Å². The van der Waals surface area contributed by atoms with Crippen molar-refractivity contribution in [2.24, 2.45) is 10.9 Å². The van der Waals surface area contributed by atoms with Crippen molar-refractivity contribution in [1.82, 2.24) is 10.3 Å². The number of pyridine rings is 1. The number of nitrogens with one attached hydrogen (secondary N) is 1. The summed E-state index contributed by atoms with van der Waals surface area (Å²) in [5.41, 5.74) is 11.5. The van der Waals surface area contributed by atoms with E-state index in [0.717, 1.165) is 49.8 Å². The lowest BCUT2D eigenvalue weighted by Gasteiger charge is -2.21. The Hall–Kier alpha value is -3.72. The number of phenols is 1. The fourth-order valence-corrected chi connectivity index (χ4v) is 5.50. The number of aromatic hydroxyl groups is 1. The van der Waals surface area contributed by atoms with Gasteiger partial charge in [0.15, 0.2) is 11.5 Å². The minimum atomic E-state index is -0.446. The molecule has 3 rings (SSSR count). The van der Waals surface area contributed by atoms with Gasteiger partial charge >= 0.3 is 5.97 Å². The number of benzene rings is 1. The molecule has 1 aliphatic rings. The largest absolute Gasteiger partial charge is 0.504 e. The third-order valence-corrected chi connectivity index (χ3v) is 7.86. The van der Waals surface area contributed by atoms with Crippen LogP contribution in [0, 0.1) is 5.92 Å². The Balaban J connectivity index is 1.56. The highest BCUT2D eigenvalue weighted by atomic mass is 16.5. The smallest absolute Gasteiger partial charge is 0.302 e. The number of ketones is 1. The molecule has 1 aliphatic heterocycles. The molecule has 0 aliphatic carbocycles. The number of aliphatic imine (C=N–C) groups is 1. The van der Waals surface area contributed by atoms with Crippen LogP contribution in [0.5, 0.6) is 11.5 Å². The molecule has 2 unspecified atom stereocenters. The van der Waals surface area contributed by atoms with E-state index in [2.05, 4.69) is 22.2 Å². The van der Waals surface area contributed by atoms with Crippen LogP contribution in [0.3, 0.4) is 0 Å². The maximum atomic E-state index is 13.0. The SMILES string of the molecule is CCC(CCC(CC(=O)CCc1cc(OC)c(O)cc1CNC)OC(C)=O)CC1=C(CCc2ccnc(N)c2)CN=C1. The maximum absolute atomic E-state index is 13.0. The van der Waals surface area contributed by atoms with Crippen LogP contribution in [0.2, 0.25) is 0 Å². The average molecular weight is 579 g/mol. The summed E-state index contributed by atoms with van der Waals surface area (Å²) in [5, 5.41) is 13.2. The van der Waals surface area contributed by atoms with Gasteiger partial charge in [0.2, 0.25) is 0 Å². The second-order valence-electron chi connectivity index (χ2n) is 11.0. The van der Waals surface area contributed by atoms with Crippen molar-refractivity contribution >= 4 is 23.8 Å². The lowest BCUT2D eigenvalue weighted by Crippen LogP contribution is -2.22. The number of nitrogens with zero attached hydrogens (tertiary/aromatic N) is 2. The van der Waals surface area contributed by atoms with Crippen molar-refractivity contribution in [1.29, 1.82) is 0 Å². The van der Waals surface area contributed by atoms with Gasteiger partial charge in [0.25, 0.3) is 0 Å². The third-order valence-electron chi connectivity index (χ3n) is 7.86. The van der Waals surface area contributed by atoms with E-state index in [-0.39, 0.29) is 23.9 Å². The number of aryl methyl sites for hydroxylation is 2. The number of hydrogen-bond donors (Lipinski definition) is 3.